The Morgan fingerprint density at radius 2 is 2.17 bits per heavy atom. The third-order valence-electron chi connectivity index (χ3n) is 4.32. The second-order valence-electron chi connectivity index (χ2n) is 6.12. The lowest BCUT2D eigenvalue weighted by Gasteiger charge is -2.12. The van der Waals surface area contributed by atoms with Gasteiger partial charge >= 0.3 is 0 Å². The largest absolute Gasteiger partial charge is 0.372 e. The molecule has 1 aromatic carbocycles. The van der Waals surface area contributed by atoms with Crippen LogP contribution < -0.4 is 5.32 Å². The van der Waals surface area contributed by atoms with Crippen molar-refractivity contribution in [1.82, 2.24) is 14.8 Å². The predicted octanol–water partition coefficient (Wildman–Crippen LogP) is 2.95. The molecule has 0 fully saturated rings. The smallest absolute Gasteiger partial charge is 0.250 e. The second kappa shape index (κ2) is 7.57. The fourth-order valence-electron chi connectivity index (χ4n) is 2.98. The summed E-state index contributed by atoms with van der Waals surface area (Å²) >= 11 is 0. The van der Waals surface area contributed by atoms with Crippen LogP contribution in [0.4, 0.5) is 5.69 Å². The first-order valence-corrected chi connectivity index (χ1v) is 8.59. The Kier molecular flexibility index (Phi) is 5.25. The number of anilines is 1. The summed E-state index contributed by atoms with van der Waals surface area (Å²) in [5.74, 6) is 1.80. The Balaban J connectivity index is 1.86. The molecule has 3 rings (SSSR count). The van der Waals surface area contributed by atoms with Gasteiger partial charge in [0, 0.05) is 30.8 Å². The molecule has 6 nitrogen and oxygen atoms in total. The van der Waals surface area contributed by atoms with Gasteiger partial charge in [-0.3, -0.25) is 4.79 Å². The van der Waals surface area contributed by atoms with Gasteiger partial charge in [0.05, 0.1) is 0 Å². The Bertz CT molecular complexity index is 724. The first-order chi connectivity index (χ1) is 11.7. The van der Waals surface area contributed by atoms with E-state index in [1.165, 1.54) is 12.8 Å². The maximum absolute atomic E-state index is 11.9. The van der Waals surface area contributed by atoms with E-state index in [4.69, 9.17) is 4.74 Å². The minimum absolute atomic E-state index is 0.0699. The van der Waals surface area contributed by atoms with Crippen LogP contribution in [0.15, 0.2) is 18.2 Å². The average molecular weight is 328 g/mol. The number of carbonyl (C=O) groups is 1. The molecule has 0 spiro atoms. The number of benzene rings is 1. The third kappa shape index (κ3) is 3.64. The van der Waals surface area contributed by atoms with Crippen LogP contribution in [0.2, 0.25) is 0 Å². The minimum Gasteiger partial charge on any atom is -0.372 e. The fourth-order valence-corrected chi connectivity index (χ4v) is 2.98. The Morgan fingerprint density at radius 3 is 3.00 bits per heavy atom. The number of ether oxygens (including phenoxy) is 1. The molecule has 0 saturated heterocycles. The number of nitrogens with one attached hydrogen (secondary N) is 1. The molecule has 0 bridgehead atoms. The quantitative estimate of drug-likeness (QED) is 0.916. The van der Waals surface area contributed by atoms with Gasteiger partial charge in [-0.2, -0.15) is 0 Å². The molecule has 0 saturated carbocycles. The lowest BCUT2D eigenvalue weighted by molar-refractivity contribution is -0.120. The van der Waals surface area contributed by atoms with E-state index < -0.39 is 0 Å². The lowest BCUT2D eigenvalue weighted by atomic mass is 10.1. The number of amides is 1. The molecule has 0 aliphatic carbocycles. The highest BCUT2D eigenvalue weighted by Gasteiger charge is 2.17. The minimum atomic E-state index is -0.142. The van der Waals surface area contributed by atoms with Crippen molar-refractivity contribution in [2.45, 2.75) is 46.1 Å². The average Bonchev–Trinajstić information content (AvgIpc) is 2.83. The van der Waals surface area contributed by atoms with E-state index >= 15 is 0 Å². The summed E-state index contributed by atoms with van der Waals surface area (Å²) < 4.78 is 7.37. The Labute approximate surface area is 142 Å². The summed E-state index contributed by atoms with van der Waals surface area (Å²) in [5, 5.41) is 11.7. The first-order valence-electron chi connectivity index (χ1n) is 8.59. The fraction of sp³-hybridized carbons (Fsp3) is 0.500. The number of fused-ring (bicyclic) bond motifs is 1. The van der Waals surface area contributed by atoms with Crippen LogP contribution in [-0.2, 0) is 22.5 Å². The van der Waals surface area contributed by atoms with Gasteiger partial charge in [0.2, 0.25) is 5.91 Å². The molecule has 1 aliphatic heterocycles. The van der Waals surface area contributed by atoms with Gasteiger partial charge in [0.1, 0.15) is 12.4 Å². The standard InChI is InChI=1S/C18H24N4O2/c1-3-24-12-17(23)19-15-11-14(9-8-13(15)2)18-21-20-16-7-5-4-6-10-22(16)18/h8-9,11H,3-7,10,12H2,1-2H3,(H,19,23). The van der Waals surface area contributed by atoms with Crippen LogP contribution in [0.25, 0.3) is 11.4 Å². The summed E-state index contributed by atoms with van der Waals surface area (Å²) in [7, 11) is 0. The van der Waals surface area contributed by atoms with Gasteiger partial charge in [0.15, 0.2) is 5.82 Å². The molecule has 2 aromatic rings. The highest BCUT2D eigenvalue weighted by atomic mass is 16.5. The number of hydrogen-bond donors (Lipinski definition) is 1. The molecule has 1 N–H and O–H groups in total. The van der Waals surface area contributed by atoms with Crippen molar-refractivity contribution in [3.8, 4) is 11.4 Å². The van der Waals surface area contributed by atoms with Gasteiger partial charge in [-0.1, -0.05) is 18.6 Å². The summed E-state index contributed by atoms with van der Waals surface area (Å²) in [6.07, 6.45) is 4.54. The van der Waals surface area contributed by atoms with Crippen molar-refractivity contribution >= 4 is 11.6 Å². The molecule has 1 amide bonds. The van der Waals surface area contributed by atoms with Crippen LogP contribution in [0.3, 0.4) is 0 Å². The van der Waals surface area contributed by atoms with E-state index in [-0.39, 0.29) is 12.5 Å². The normalized spacial score (nSPS) is 14.1. The molecule has 6 heteroatoms. The summed E-state index contributed by atoms with van der Waals surface area (Å²) in [5.41, 5.74) is 2.79. The Hall–Kier alpha value is -2.21. The maximum Gasteiger partial charge on any atom is 0.250 e. The van der Waals surface area contributed by atoms with Gasteiger partial charge in [-0.25, -0.2) is 0 Å². The van der Waals surface area contributed by atoms with Gasteiger partial charge in [-0.15, -0.1) is 10.2 Å². The topological polar surface area (TPSA) is 69.0 Å². The van der Waals surface area contributed by atoms with E-state index in [2.05, 4.69) is 20.1 Å². The van der Waals surface area contributed by atoms with Gasteiger partial charge in [-0.05, 0) is 38.3 Å². The van der Waals surface area contributed by atoms with Crippen molar-refractivity contribution in [3.63, 3.8) is 0 Å². The number of hydrogen-bond acceptors (Lipinski definition) is 4. The van der Waals surface area contributed by atoms with Crippen LogP contribution in [0.5, 0.6) is 0 Å². The summed E-state index contributed by atoms with van der Waals surface area (Å²) in [4.78, 5) is 11.9. The molecular formula is C18H24N4O2. The zero-order valence-corrected chi connectivity index (χ0v) is 14.3. The molecule has 0 atom stereocenters. The highest BCUT2D eigenvalue weighted by Crippen LogP contribution is 2.26. The third-order valence-corrected chi connectivity index (χ3v) is 4.32. The molecule has 1 aromatic heterocycles. The molecule has 0 unspecified atom stereocenters. The molecule has 0 radical (unpaired) electrons. The van der Waals surface area contributed by atoms with Crippen molar-refractivity contribution in [2.24, 2.45) is 0 Å². The molecule has 24 heavy (non-hydrogen) atoms. The first kappa shape index (κ1) is 16.6. The van der Waals surface area contributed by atoms with Crippen LogP contribution in [0, 0.1) is 6.92 Å². The number of aryl methyl sites for hydroxylation is 2. The van der Waals surface area contributed by atoms with Crippen LogP contribution in [-0.4, -0.2) is 33.9 Å². The predicted molar refractivity (Wildman–Crippen MR) is 92.9 cm³/mol. The Morgan fingerprint density at radius 1 is 1.29 bits per heavy atom. The van der Waals surface area contributed by atoms with Gasteiger partial charge in [0.25, 0.3) is 0 Å². The van der Waals surface area contributed by atoms with E-state index in [0.29, 0.717) is 6.61 Å². The van der Waals surface area contributed by atoms with Crippen LogP contribution >= 0.6 is 0 Å². The van der Waals surface area contributed by atoms with E-state index in [1.807, 2.05) is 32.0 Å². The maximum atomic E-state index is 11.9. The molecule has 1 aliphatic rings. The van der Waals surface area contributed by atoms with E-state index in [0.717, 1.165) is 47.8 Å². The molecule has 2 heterocycles. The van der Waals surface area contributed by atoms with Crippen molar-refractivity contribution in [1.29, 1.82) is 0 Å². The zero-order valence-electron chi connectivity index (χ0n) is 14.3. The number of aromatic nitrogens is 3. The number of carbonyl (C=O) groups excluding carboxylic acids is 1. The van der Waals surface area contributed by atoms with Crippen molar-refractivity contribution in [2.75, 3.05) is 18.5 Å². The van der Waals surface area contributed by atoms with E-state index in [9.17, 15) is 4.79 Å². The van der Waals surface area contributed by atoms with Gasteiger partial charge < -0.3 is 14.6 Å². The molecular weight excluding hydrogens is 304 g/mol. The monoisotopic (exact) mass is 328 g/mol. The second-order valence-corrected chi connectivity index (χ2v) is 6.12. The van der Waals surface area contributed by atoms with E-state index in [1.54, 1.807) is 0 Å². The van der Waals surface area contributed by atoms with Crippen molar-refractivity contribution < 1.29 is 9.53 Å². The molecule has 128 valence electrons. The highest BCUT2D eigenvalue weighted by molar-refractivity contribution is 5.93. The lowest BCUT2D eigenvalue weighted by Crippen LogP contribution is -2.18. The zero-order chi connectivity index (χ0) is 16.9. The SMILES string of the molecule is CCOCC(=O)Nc1cc(-c2nnc3n2CCCCC3)ccc1C. The van der Waals surface area contributed by atoms with Crippen LogP contribution in [0.1, 0.15) is 37.6 Å². The van der Waals surface area contributed by atoms with Crippen molar-refractivity contribution in [3.05, 3.63) is 29.6 Å². The summed E-state index contributed by atoms with van der Waals surface area (Å²) in [6, 6.07) is 6.01. The summed E-state index contributed by atoms with van der Waals surface area (Å²) in [6.45, 7) is 5.40. The number of rotatable bonds is 5. The number of nitrogens with zero attached hydrogens (tertiary/aromatic N) is 3.